The number of benzene rings is 1. The zero-order chi connectivity index (χ0) is 18.3. The van der Waals surface area contributed by atoms with E-state index < -0.39 is 5.60 Å². The summed E-state index contributed by atoms with van der Waals surface area (Å²) >= 11 is 0. The van der Waals surface area contributed by atoms with Crippen molar-refractivity contribution in [3.63, 3.8) is 0 Å². The van der Waals surface area contributed by atoms with Crippen molar-refractivity contribution in [2.45, 2.75) is 59.7 Å². The van der Waals surface area contributed by atoms with E-state index in [1.165, 1.54) is 0 Å². The molecule has 1 aromatic carbocycles. The van der Waals surface area contributed by atoms with Crippen LogP contribution in [-0.2, 0) is 9.53 Å². The van der Waals surface area contributed by atoms with Crippen LogP contribution in [0.3, 0.4) is 0 Å². The van der Waals surface area contributed by atoms with Gasteiger partial charge in [-0.1, -0.05) is 13.8 Å². The average molecular weight is 332 g/mol. The summed E-state index contributed by atoms with van der Waals surface area (Å²) in [5.41, 5.74) is -0.0962. The summed E-state index contributed by atoms with van der Waals surface area (Å²) in [5.74, 6) is 0.672. The lowest BCUT2D eigenvalue weighted by molar-refractivity contribution is -0.140. The molecule has 1 rings (SSSR count). The number of hydrogen-bond acceptors (Lipinski definition) is 4. The van der Waals surface area contributed by atoms with Gasteiger partial charge in [0.1, 0.15) is 17.4 Å². The zero-order valence-corrected chi connectivity index (χ0v) is 15.5. The standard InChI is InChI=1S/C19H28N2O3/c1-7-23-19(6,11-13(2)3)18(22)21-17-9-8-16(24-14(4)5)10-15(17)12-20/h8-10,13-14H,7,11H2,1-6H3,(H,21,22)/t19-/m1/s1. The number of carbonyl (C=O) groups excluding carboxylic acids is 1. The molecular weight excluding hydrogens is 304 g/mol. The maximum atomic E-state index is 12.7. The molecule has 1 amide bonds. The second kappa shape index (κ2) is 8.70. The Kier molecular flexibility index (Phi) is 7.24. The molecule has 0 aliphatic carbocycles. The van der Waals surface area contributed by atoms with E-state index in [1.807, 2.05) is 34.6 Å². The molecular formula is C19H28N2O3. The van der Waals surface area contributed by atoms with Gasteiger partial charge in [0.15, 0.2) is 0 Å². The Labute approximate surface area is 145 Å². The molecule has 0 heterocycles. The Morgan fingerprint density at radius 3 is 2.50 bits per heavy atom. The van der Waals surface area contributed by atoms with Crippen LogP contribution in [0.2, 0.25) is 0 Å². The van der Waals surface area contributed by atoms with Crippen molar-refractivity contribution in [2.75, 3.05) is 11.9 Å². The first-order chi connectivity index (χ1) is 11.2. The van der Waals surface area contributed by atoms with E-state index in [9.17, 15) is 10.1 Å². The molecule has 5 heteroatoms. The Morgan fingerprint density at radius 1 is 1.33 bits per heavy atom. The molecule has 0 aliphatic heterocycles. The Balaban J connectivity index is 3.01. The van der Waals surface area contributed by atoms with Crippen LogP contribution in [0.5, 0.6) is 5.75 Å². The van der Waals surface area contributed by atoms with Crippen molar-refractivity contribution in [3.05, 3.63) is 23.8 Å². The lowest BCUT2D eigenvalue weighted by Crippen LogP contribution is -2.44. The molecule has 0 bridgehead atoms. The summed E-state index contributed by atoms with van der Waals surface area (Å²) in [7, 11) is 0. The van der Waals surface area contributed by atoms with Gasteiger partial charge in [0.05, 0.1) is 17.4 Å². The van der Waals surface area contributed by atoms with Crippen LogP contribution in [0.15, 0.2) is 18.2 Å². The Hall–Kier alpha value is -2.06. The fourth-order valence-electron chi connectivity index (χ4n) is 2.64. The summed E-state index contributed by atoms with van der Waals surface area (Å²) < 4.78 is 11.3. The fraction of sp³-hybridized carbons (Fsp3) is 0.579. The first kappa shape index (κ1) is 20.0. The molecule has 1 atom stereocenters. The molecule has 0 aliphatic rings. The van der Waals surface area contributed by atoms with Crippen LogP contribution >= 0.6 is 0 Å². The van der Waals surface area contributed by atoms with Crippen molar-refractivity contribution in [1.29, 1.82) is 5.26 Å². The topological polar surface area (TPSA) is 71.3 Å². The van der Waals surface area contributed by atoms with Crippen LogP contribution in [-0.4, -0.2) is 24.2 Å². The summed E-state index contributed by atoms with van der Waals surface area (Å²) in [6, 6.07) is 7.18. The van der Waals surface area contributed by atoms with E-state index in [2.05, 4.69) is 11.4 Å². The van der Waals surface area contributed by atoms with Crippen molar-refractivity contribution in [1.82, 2.24) is 0 Å². The van der Waals surface area contributed by atoms with E-state index >= 15 is 0 Å². The zero-order valence-electron chi connectivity index (χ0n) is 15.5. The van der Waals surface area contributed by atoms with Gasteiger partial charge in [-0.2, -0.15) is 5.26 Å². The summed E-state index contributed by atoms with van der Waals surface area (Å²) in [6.45, 7) is 12.0. The van der Waals surface area contributed by atoms with Gasteiger partial charge in [-0.25, -0.2) is 0 Å². The first-order valence-electron chi connectivity index (χ1n) is 8.38. The summed E-state index contributed by atoms with van der Waals surface area (Å²) in [5, 5.41) is 12.2. The van der Waals surface area contributed by atoms with Crippen LogP contribution < -0.4 is 10.1 Å². The third-order valence-corrected chi connectivity index (χ3v) is 3.47. The second-order valence-electron chi connectivity index (χ2n) is 6.70. The van der Waals surface area contributed by atoms with Crippen molar-refractivity contribution in [2.24, 2.45) is 5.92 Å². The fourth-order valence-corrected chi connectivity index (χ4v) is 2.64. The number of carbonyl (C=O) groups is 1. The predicted octanol–water partition coefficient (Wildman–Crippen LogP) is 4.13. The normalized spacial score (nSPS) is 13.5. The van der Waals surface area contributed by atoms with Gasteiger partial charge in [0, 0.05) is 12.7 Å². The van der Waals surface area contributed by atoms with Gasteiger partial charge in [-0.15, -0.1) is 0 Å². The number of hydrogen-bond donors (Lipinski definition) is 1. The van der Waals surface area contributed by atoms with Crippen LogP contribution in [0.4, 0.5) is 5.69 Å². The number of nitrogens with one attached hydrogen (secondary N) is 1. The van der Waals surface area contributed by atoms with E-state index in [1.54, 1.807) is 25.1 Å². The molecule has 0 saturated carbocycles. The predicted molar refractivity (Wildman–Crippen MR) is 95.0 cm³/mol. The highest BCUT2D eigenvalue weighted by molar-refractivity contribution is 5.98. The molecule has 0 saturated heterocycles. The van der Waals surface area contributed by atoms with Gasteiger partial charge < -0.3 is 14.8 Å². The summed E-state index contributed by atoms with van der Waals surface area (Å²) in [4.78, 5) is 12.7. The number of amides is 1. The van der Waals surface area contributed by atoms with Gasteiger partial charge in [-0.05, 0) is 52.2 Å². The molecule has 0 unspecified atom stereocenters. The number of nitriles is 1. The number of nitrogens with zero attached hydrogens (tertiary/aromatic N) is 1. The van der Waals surface area contributed by atoms with Crippen molar-refractivity contribution >= 4 is 11.6 Å². The third-order valence-electron chi connectivity index (χ3n) is 3.47. The highest BCUT2D eigenvalue weighted by Gasteiger charge is 2.35. The van der Waals surface area contributed by atoms with Crippen LogP contribution in [0.25, 0.3) is 0 Å². The van der Waals surface area contributed by atoms with Gasteiger partial charge in [-0.3, -0.25) is 4.79 Å². The lowest BCUT2D eigenvalue weighted by atomic mass is 9.93. The first-order valence-corrected chi connectivity index (χ1v) is 8.38. The third kappa shape index (κ3) is 5.54. The van der Waals surface area contributed by atoms with Crippen molar-refractivity contribution in [3.8, 4) is 11.8 Å². The molecule has 1 aromatic rings. The minimum absolute atomic E-state index is 0.0178. The van der Waals surface area contributed by atoms with Gasteiger partial charge >= 0.3 is 0 Å². The Morgan fingerprint density at radius 2 is 2.00 bits per heavy atom. The SMILES string of the molecule is CCO[C@](C)(CC(C)C)C(=O)Nc1ccc(OC(C)C)cc1C#N. The maximum absolute atomic E-state index is 12.7. The van der Waals surface area contributed by atoms with Crippen LogP contribution in [0.1, 0.15) is 53.5 Å². The quantitative estimate of drug-likeness (QED) is 0.777. The number of anilines is 1. The number of ether oxygens (including phenoxy) is 2. The molecule has 0 fully saturated rings. The molecule has 132 valence electrons. The molecule has 0 radical (unpaired) electrons. The van der Waals surface area contributed by atoms with E-state index in [0.29, 0.717) is 35.9 Å². The van der Waals surface area contributed by atoms with E-state index in [0.717, 1.165) is 0 Å². The minimum Gasteiger partial charge on any atom is -0.491 e. The van der Waals surface area contributed by atoms with E-state index in [4.69, 9.17) is 9.47 Å². The molecule has 5 nitrogen and oxygen atoms in total. The molecule has 0 aromatic heterocycles. The smallest absolute Gasteiger partial charge is 0.256 e. The van der Waals surface area contributed by atoms with Gasteiger partial charge in [0.25, 0.3) is 5.91 Å². The molecule has 24 heavy (non-hydrogen) atoms. The molecule has 0 spiro atoms. The highest BCUT2D eigenvalue weighted by Crippen LogP contribution is 2.26. The maximum Gasteiger partial charge on any atom is 0.256 e. The monoisotopic (exact) mass is 332 g/mol. The van der Waals surface area contributed by atoms with E-state index in [-0.39, 0.29) is 12.0 Å². The average Bonchev–Trinajstić information content (AvgIpc) is 2.47. The second-order valence-corrected chi connectivity index (χ2v) is 6.70. The lowest BCUT2D eigenvalue weighted by Gasteiger charge is -2.30. The van der Waals surface area contributed by atoms with Crippen LogP contribution in [0, 0.1) is 17.2 Å². The van der Waals surface area contributed by atoms with Crippen molar-refractivity contribution < 1.29 is 14.3 Å². The highest BCUT2D eigenvalue weighted by atomic mass is 16.5. The molecule has 1 N–H and O–H groups in total. The largest absolute Gasteiger partial charge is 0.491 e. The summed E-state index contributed by atoms with van der Waals surface area (Å²) in [6.07, 6.45) is 0.618. The van der Waals surface area contributed by atoms with Gasteiger partial charge in [0.2, 0.25) is 0 Å². The number of rotatable bonds is 8. The Bertz CT molecular complexity index is 605. The minimum atomic E-state index is -0.928.